The van der Waals surface area contributed by atoms with Crippen LogP contribution in [0.5, 0.6) is 0 Å². The molecule has 0 fully saturated rings. The van der Waals surface area contributed by atoms with Crippen LogP contribution in [0.25, 0.3) is 11.6 Å². The summed E-state index contributed by atoms with van der Waals surface area (Å²) < 4.78 is 15.0. The van der Waals surface area contributed by atoms with Gasteiger partial charge < -0.3 is 0 Å². The van der Waals surface area contributed by atoms with E-state index in [9.17, 15) is 9.65 Å². The molecule has 2 aromatic carbocycles. The van der Waals surface area contributed by atoms with E-state index in [1.54, 1.807) is 12.1 Å². The van der Waals surface area contributed by atoms with Crippen LogP contribution in [-0.4, -0.2) is 9.78 Å². The summed E-state index contributed by atoms with van der Waals surface area (Å²) in [5, 5.41) is 13.8. The molecule has 4 heteroatoms. The van der Waals surface area contributed by atoms with Crippen LogP contribution in [0.2, 0.25) is 0 Å². The molecular formula is C20H14FN3. The Labute approximate surface area is 139 Å². The lowest BCUT2D eigenvalue weighted by Gasteiger charge is -2.05. The molecule has 0 amide bonds. The van der Waals surface area contributed by atoms with Gasteiger partial charge in [-0.2, -0.15) is 10.4 Å². The van der Waals surface area contributed by atoms with Crippen molar-refractivity contribution in [3.63, 3.8) is 0 Å². The standard InChI is InChI=1S/C20H14FN3/c21-17-8-6-15(7-9-17)16-10-18-19(12-22)23-24(20(18)11-16)13-14-4-2-1-3-5-14/h1-9,11H,10,13H2. The Hall–Kier alpha value is -3.19. The maximum atomic E-state index is 13.1. The van der Waals surface area contributed by atoms with Crippen molar-refractivity contribution in [1.29, 1.82) is 5.26 Å². The first kappa shape index (κ1) is 14.4. The topological polar surface area (TPSA) is 41.6 Å². The van der Waals surface area contributed by atoms with Crippen molar-refractivity contribution in [3.05, 3.63) is 88.5 Å². The van der Waals surface area contributed by atoms with Gasteiger partial charge in [-0.25, -0.2) is 4.39 Å². The largest absolute Gasteiger partial charge is 0.259 e. The summed E-state index contributed by atoms with van der Waals surface area (Å²) in [6, 6.07) is 18.7. The average Bonchev–Trinajstić information content (AvgIpc) is 3.17. The molecule has 0 saturated carbocycles. The number of fused-ring (bicyclic) bond motifs is 1. The Morgan fingerprint density at radius 1 is 1.08 bits per heavy atom. The van der Waals surface area contributed by atoms with Crippen molar-refractivity contribution in [2.45, 2.75) is 13.0 Å². The van der Waals surface area contributed by atoms with Crippen molar-refractivity contribution in [2.24, 2.45) is 0 Å². The van der Waals surface area contributed by atoms with E-state index in [4.69, 9.17) is 0 Å². The third kappa shape index (κ3) is 2.50. The lowest BCUT2D eigenvalue weighted by molar-refractivity contribution is 0.627. The number of hydrogen-bond acceptors (Lipinski definition) is 2. The maximum Gasteiger partial charge on any atom is 0.166 e. The first-order valence-corrected chi connectivity index (χ1v) is 7.75. The van der Waals surface area contributed by atoms with Gasteiger partial charge in [-0.15, -0.1) is 0 Å². The minimum atomic E-state index is -0.247. The van der Waals surface area contributed by atoms with Crippen LogP contribution in [0.15, 0.2) is 54.6 Å². The fourth-order valence-corrected chi connectivity index (χ4v) is 3.07. The Morgan fingerprint density at radius 2 is 1.83 bits per heavy atom. The average molecular weight is 315 g/mol. The van der Waals surface area contributed by atoms with Crippen LogP contribution in [-0.2, 0) is 13.0 Å². The van der Waals surface area contributed by atoms with Gasteiger partial charge in [0.2, 0.25) is 0 Å². The normalized spacial score (nSPS) is 12.6. The molecule has 3 aromatic rings. The number of nitrogens with zero attached hydrogens (tertiary/aromatic N) is 3. The Kier molecular flexibility index (Phi) is 3.47. The molecular weight excluding hydrogens is 301 g/mol. The summed E-state index contributed by atoms with van der Waals surface area (Å²) in [6.07, 6.45) is 2.71. The molecule has 3 nitrogen and oxygen atoms in total. The predicted octanol–water partition coefficient (Wildman–Crippen LogP) is 4.04. The highest BCUT2D eigenvalue weighted by atomic mass is 19.1. The second kappa shape index (κ2) is 5.78. The highest BCUT2D eigenvalue weighted by molar-refractivity contribution is 5.88. The van der Waals surface area contributed by atoms with Gasteiger partial charge in [0.15, 0.2) is 5.69 Å². The fraction of sp³-hybridized carbons (Fsp3) is 0.100. The van der Waals surface area contributed by atoms with E-state index in [2.05, 4.69) is 17.2 Å². The van der Waals surface area contributed by atoms with Crippen molar-refractivity contribution >= 4 is 11.6 Å². The van der Waals surface area contributed by atoms with Gasteiger partial charge in [0, 0.05) is 12.0 Å². The SMILES string of the molecule is N#Cc1nn(Cc2ccccc2)c2c1CC(c1ccc(F)cc1)=C2. The summed E-state index contributed by atoms with van der Waals surface area (Å²) in [5.41, 5.74) is 5.58. The van der Waals surface area contributed by atoms with Crippen LogP contribution in [0, 0.1) is 17.1 Å². The molecule has 1 heterocycles. The zero-order chi connectivity index (χ0) is 16.5. The Bertz CT molecular complexity index is 961. The molecule has 0 unspecified atom stereocenters. The van der Waals surface area contributed by atoms with Crippen LogP contribution >= 0.6 is 0 Å². The number of aromatic nitrogens is 2. The molecule has 0 bridgehead atoms. The quantitative estimate of drug-likeness (QED) is 0.732. The smallest absolute Gasteiger partial charge is 0.166 e. The van der Waals surface area contributed by atoms with Gasteiger partial charge in [0.25, 0.3) is 0 Å². The van der Waals surface area contributed by atoms with E-state index >= 15 is 0 Å². The third-order valence-electron chi connectivity index (χ3n) is 4.27. The zero-order valence-electron chi connectivity index (χ0n) is 12.9. The first-order valence-electron chi connectivity index (χ1n) is 7.75. The fourth-order valence-electron chi connectivity index (χ4n) is 3.07. The zero-order valence-corrected chi connectivity index (χ0v) is 12.9. The lowest BCUT2D eigenvalue weighted by atomic mass is 10.0. The van der Waals surface area contributed by atoms with Gasteiger partial charge in [0.1, 0.15) is 11.9 Å². The molecule has 0 saturated heterocycles. The summed E-state index contributed by atoms with van der Waals surface area (Å²) in [7, 11) is 0. The molecule has 0 aliphatic heterocycles. The number of benzene rings is 2. The summed E-state index contributed by atoms with van der Waals surface area (Å²) in [6.45, 7) is 0.623. The van der Waals surface area contributed by atoms with Gasteiger partial charge in [-0.05, 0) is 34.9 Å². The monoisotopic (exact) mass is 315 g/mol. The molecule has 0 atom stereocenters. The number of hydrogen-bond donors (Lipinski definition) is 0. The summed E-state index contributed by atoms with van der Waals surface area (Å²) >= 11 is 0. The molecule has 1 aromatic heterocycles. The number of nitriles is 1. The van der Waals surface area contributed by atoms with Crippen molar-refractivity contribution in [3.8, 4) is 6.07 Å². The molecule has 0 radical (unpaired) electrons. The molecule has 0 spiro atoms. The van der Waals surface area contributed by atoms with Crippen molar-refractivity contribution in [2.75, 3.05) is 0 Å². The first-order chi connectivity index (χ1) is 11.7. The molecule has 1 aliphatic rings. The molecule has 4 rings (SSSR count). The minimum absolute atomic E-state index is 0.247. The third-order valence-corrected chi connectivity index (χ3v) is 4.27. The Balaban J connectivity index is 1.72. The van der Waals surface area contributed by atoms with Gasteiger partial charge in [-0.1, -0.05) is 42.5 Å². The predicted molar refractivity (Wildman–Crippen MR) is 90.5 cm³/mol. The maximum absolute atomic E-state index is 13.1. The summed E-state index contributed by atoms with van der Waals surface area (Å²) in [4.78, 5) is 0. The van der Waals surface area contributed by atoms with Crippen molar-refractivity contribution in [1.82, 2.24) is 9.78 Å². The van der Waals surface area contributed by atoms with Crippen LogP contribution < -0.4 is 0 Å². The number of rotatable bonds is 3. The van der Waals surface area contributed by atoms with Gasteiger partial charge >= 0.3 is 0 Å². The lowest BCUT2D eigenvalue weighted by Crippen LogP contribution is -2.03. The van der Waals surface area contributed by atoms with Crippen LogP contribution in [0.4, 0.5) is 4.39 Å². The van der Waals surface area contributed by atoms with Crippen molar-refractivity contribution < 1.29 is 4.39 Å². The second-order valence-corrected chi connectivity index (χ2v) is 5.82. The van der Waals surface area contributed by atoms with E-state index in [1.165, 1.54) is 12.1 Å². The molecule has 0 N–H and O–H groups in total. The van der Waals surface area contributed by atoms with Crippen LogP contribution in [0.3, 0.4) is 0 Å². The Morgan fingerprint density at radius 3 is 2.54 bits per heavy atom. The number of allylic oxidation sites excluding steroid dienone is 1. The van der Waals surface area contributed by atoms with Gasteiger partial charge in [-0.3, -0.25) is 4.68 Å². The molecule has 1 aliphatic carbocycles. The highest BCUT2D eigenvalue weighted by Crippen LogP contribution is 2.33. The minimum Gasteiger partial charge on any atom is -0.259 e. The highest BCUT2D eigenvalue weighted by Gasteiger charge is 2.23. The molecule has 24 heavy (non-hydrogen) atoms. The number of halogens is 1. The van der Waals surface area contributed by atoms with E-state index < -0.39 is 0 Å². The summed E-state index contributed by atoms with van der Waals surface area (Å²) in [5.74, 6) is -0.247. The van der Waals surface area contributed by atoms with E-state index in [0.29, 0.717) is 18.7 Å². The van der Waals surface area contributed by atoms with Gasteiger partial charge in [0.05, 0.1) is 12.2 Å². The second-order valence-electron chi connectivity index (χ2n) is 5.82. The van der Waals surface area contributed by atoms with Crippen LogP contribution in [0.1, 0.15) is 28.1 Å². The van der Waals surface area contributed by atoms with E-state index in [-0.39, 0.29) is 5.82 Å². The van der Waals surface area contributed by atoms with E-state index in [0.717, 1.165) is 28.0 Å². The molecule has 116 valence electrons. The van der Waals surface area contributed by atoms with E-state index in [1.807, 2.05) is 35.0 Å².